The number of hydrogen-bond acceptors (Lipinski definition) is 2. The van der Waals surface area contributed by atoms with Crippen molar-refractivity contribution < 1.29 is 4.79 Å². The molecule has 1 nitrogen and oxygen atoms in total. The number of hydrogen-bond donors (Lipinski definition) is 0. The molecule has 0 aliphatic rings. The summed E-state index contributed by atoms with van der Waals surface area (Å²) in [7, 11) is 0. The molecule has 0 fully saturated rings. The highest BCUT2D eigenvalue weighted by molar-refractivity contribution is 14.1. The molecule has 1 aromatic carbocycles. The second-order valence-electron chi connectivity index (χ2n) is 3.46. The number of rotatable bonds is 3. The Morgan fingerprint density at radius 2 is 2.12 bits per heavy atom. The van der Waals surface area contributed by atoms with Gasteiger partial charge in [0.15, 0.2) is 0 Å². The van der Waals surface area contributed by atoms with Gasteiger partial charge in [-0.2, -0.15) is 0 Å². The molecule has 0 aliphatic carbocycles. The second-order valence-corrected chi connectivity index (χ2v) is 5.87. The monoisotopic (exact) mass is 342 g/mol. The third-order valence-electron chi connectivity index (χ3n) is 2.32. The fourth-order valence-corrected chi connectivity index (χ4v) is 2.91. The van der Waals surface area contributed by atoms with Crippen LogP contribution in [-0.2, 0) is 6.42 Å². The first-order valence-electron chi connectivity index (χ1n) is 5.09. The Kier molecular flexibility index (Phi) is 3.76. The van der Waals surface area contributed by atoms with Gasteiger partial charge < -0.3 is 0 Å². The van der Waals surface area contributed by atoms with E-state index in [0.29, 0.717) is 0 Å². The number of thiophene rings is 1. The Morgan fingerprint density at radius 1 is 1.31 bits per heavy atom. The zero-order valence-electron chi connectivity index (χ0n) is 8.87. The predicted molar refractivity (Wildman–Crippen MR) is 76.3 cm³/mol. The van der Waals surface area contributed by atoms with Crippen LogP contribution in [0.5, 0.6) is 0 Å². The molecule has 0 atom stereocenters. The summed E-state index contributed by atoms with van der Waals surface area (Å²) < 4.78 is 1.09. The molecule has 0 saturated carbocycles. The maximum Gasteiger partial charge on any atom is 0.202 e. The van der Waals surface area contributed by atoms with Gasteiger partial charge in [0.05, 0.1) is 4.88 Å². The minimum absolute atomic E-state index is 0.128. The van der Waals surface area contributed by atoms with Crippen LogP contribution in [0.4, 0.5) is 0 Å². The van der Waals surface area contributed by atoms with E-state index in [9.17, 15) is 4.79 Å². The molecule has 0 unspecified atom stereocenters. The minimum Gasteiger partial charge on any atom is -0.288 e. The Balaban J connectivity index is 2.31. The fraction of sp³-hybridized carbons (Fsp3) is 0.154. The van der Waals surface area contributed by atoms with Crippen LogP contribution >= 0.6 is 33.9 Å². The third-order valence-corrected chi connectivity index (χ3v) is 4.22. The van der Waals surface area contributed by atoms with E-state index in [2.05, 4.69) is 29.5 Å². The summed E-state index contributed by atoms with van der Waals surface area (Å²) in [6.07, 6.45) is 0.990. The molecular weight excluding hydrogens is 331 g/mol. The molecule has 2 rings (SSSR count). The molecule has 0 saturated heterocycles. The molecular formula is C13H11IOS. The van der Waals surface area contributed by atoms with Gasteiger partial charge >= 0.3 is 0 Å². The number of benzene rings is 1. The topological polar surface area (TPSA) is 17.1 Å². The second kappa shape index (κ2) is 5.10. The normalized spacial score (nSPS) is 10.4. The van der Waals surface area contributed by atoms with E-state index in [1.165, 1.54) is 4.88 Å². The van der Waals surface area contributed by atoms with E-state index in [4.69, 9.17) is 0 Å². The summed E-state index contributed by atoms with van der Waals surface area (Å²) >= 11 is 3.81. The summed E-state index contributed by atoms with van der Waals surface area (Å²) in [6, 6.07) is 11.7. The summed E-state index contributed by atoms with van der Waals surface area (Å²) in [5.41, 5.74) is 0.774. The lowest BCUT2D eigenvalue weighted by atomic mass is 10.1. The quantitative estimate of drug-likeness (QED) is 0.605. The van der Waals surface area contributed by atoms with Gasteiger partial charge in [0.25, 0.3) is 0 Å². The van der Waals surface area contributed by atoms with Crippen molar-refractivity contribution in [2.45, 2.75) is 13.3 Å². The lowest BCUT2D eigenvalue weighted by molar-refractivity contribution is 0.104. The van der Waals surface area contributed by atoms with Crippen molar-refractivity contribution in [2.24, 2.45) is 0 Å². The minimum atomic E-state index is 0.128. The number of carbonyl (C=O) groups excluding carboxylic acids is 1. The molecule has 0 aliphatic heterocycles. The molecule has 1 heterocycles. The first-order chi connectivity index (χ1) is 7.70. The van der Waals surface area contributed by atoms with Crippen LogP contribution in [0.1, 0.15) is 27.0 Å². The van der Waals surface area contributed by atoms with Gasteiger partial charge in [-0.3, -0.25) is 4.79 Å². The van der Waals surface area contributed by atoms with E-state index in [-0.39, 0.29) is 5.78 Å². The predicted octanol–water partition coefficient (Wildman–Crippen LogP) is 4.15. The van der Waals surface area contributed by atoms with Crippen LogP contribution in [0.15, 0.2) is 36.4 Å². The fourth-order valence-electron chi connectivity index (χ4n) is 1.46. The molecule has 1 aromatic heterocycles. The molecule has 2 aromatic rings. The highest BCUT2D eigenvalue weighted by Gasteiger charge is 2.11. The highest BCUT2D eigenvalue weighted by atomic mass is 127. The van der Waals surface area contributed by atoms with Crippen LogP contribution in [0.2, 0.25) is 0 Å². The Labute approximate surface area is 113 Å². The largest absolute Gasteiger partial charge is 0.288 e. The number of ketones is 1. The Hall–Kier alpha value is -0.680. The highest BCUT2D eigenvalue weighted by Crippen LogP contribution is 2.21. The van der Waals surface area contributed by atoms with Crippen molar-refractivity contribution in [1.29, 1.82) is 0 Å². The van der Waals surface area contributed by atoms with Crippen LogP contribution in [0, 0.1) is 3.57 Å². The standard InChI is InChI=1S/C13H11IOS/c1-2-11-6-7-12(16-11)13(15)9-4-3-5-10(14)8-9/h3-8H,2H2,1H3. The van der Waals surface area contributed by atoms with Gasteiger partial charge in [0.1, 0.15) is 0 Å². The van der Waals surface area contributed by atoms with Gasteiger partial charge in [-0.05, 0) is 53.3 Å². The number of halogens is 1. The smallest absolute Gasteiger partial charge is 0.202 e. The first-order valence-corrected chi connectivity index (χ1v) is 6.99. The first kappa shape index (κ1) is 11.8. The van der Waals surface area contributed by atoms with Crippen molar-refractivity contribution in [2.75, 3.05) is 0 Å². The molecule has 0 radical (unpaired) electrons. The third kappa shape index (κ3) is 2.52. The average Bonchev–Trinajstić information content (AvgIpc) is 2.76. The van der Waals surface area contributed by atoms with Crippen LogP contribution in [0.25, 0.3) is 0 Å². The van der Waals surface area contributed by atoms with E-state index in [1.807, 2.05) is 36.4 Å². The molecule has 0 bridgehead atoms. The Morgan fingerprint density at radius 3 is 2.75 bits per heavy atom. The molecule has 3 heteroatoms. The van der Waals surface area contributed by atoms with Crippen molar-refractivity contribution in [3.8, 4) is 0 Å². The van der Waals surface area contributed by atoms with Crippen molar-refractivity contribution in [3.63, 3.8) is 0 Å². The molecule has 0 N–H and O–H groups in total. The lowest BCUT2D eigenvalue weighted by Crippen LogP contribution is -1.98. The van der Waals surface area contributed by atoms with Crippen molar-refractivity contribution in [1.82, 2.24) is 0 Å². The lowest BCUT2D eigenvalue weighted by Gasteiger charge is -1.98. The van der Waals surface area contributed by atoms with Crippen LogP contribution < -0.4 is 0 Å². The zero-order chi connectivity index (χ0) is 11.5. The molecule has 0 spiro atoms. The van der Waals surface area contributed by atoms with Gasteiger partial charge in [-0.1, -0.05) is 19.1 Å². The molecule has 0 amide bonds. The van der Waals surface area contributed by atoms with E-state index in [0.717, 1.165) is 20.4 Å². The number of carbonyl (C=O) groups is 1. The summed E-state index contributed by atoms with van der Waals surface area (Å²) in [4.78, 5) is 14.2. The zero-order valence-corrected chi connectivity index (χ0v) is 11.8. The van der Waals surface area contributed by atoms with Gasteiger partial charge in [-0.25, -0.2) is 0 Å². The summed E-state index contributed by atoms with van der Waals surface area (Å²) in [5, 5.41) is 0. The van der Waals surface area contributed by atoms with E-state index in [1.54, 1.807) is 11.3 Å². The summed E-state index contributed by atoms with van der Waals surface area (Å²) in [6.45, 7) is 2.10. The van der Waals surface area contributed by atoms with Crippen LogP contribution in [0.3, 0.4) is 0 Å². The molecule has 82 valence electrons. The van der Waals surface area contributed by atoms with Gasteiger partial charge in [-0.15, -0.1) is 11.3 Å². The maximum absolute atomic E-state index is 12.1. The van der Waals surface area contributed by atoms with E-state index < -0.39 is 0 Å². The van der Waals surface area contributed by atoms with Crippen LogP contribution in [-0.4, -0.2) is 5.78 Å². The van der Waals surface area contributed by atoms with E-state index >= 15 is 0 Å². The van der Waals surface area contributed by atoms with Crippen molar-refractivity contribution in [3.05, 3.63) is 55.3 Å². The Bertz CT molecular complexity index is 516. The SMILES string of the molecule is CCc1ccc(C(=O)c2cccc(I)c2)s1. The summed E-state index contributed by atoms with van der Waals surface area (Å²) in [5.74, 6) is 0.128. The average molecular weight is 342 g/mol. The van der Waals surface area contributed by atoms with Gasteiger partial charge in [0.2, 0.25) is 5.78 Å². The van der Waals surface area contributed by atoms with Gasteiger partial charge in [0, 0.05) is 14.0 Å². The number of aryl methyl sites for hydroxylation is 1. The maximum atomic E-state index is 12.1. The van der Waals surface area contributed by atoms with Crippen molar-refractivity contribution >= 4 is 39.7 Å². The molecule has 16 heavy (non-hydrogen) atoms.